The minimum Gasteiger partial charge on any atom is -0.480 e. The summed E-state index contributed by atoms with van der Waals surface area (Å²) < 4.78 is 16.6. The van der Waals surface area contributed by atoms with Gasteiger partial charge in [-0.25, -0.2) is 9.13 Å². The van der Waals surface area contributed by atoms with Crippen molar-refractivity contribution in [2.24, 2.45) is 7.05 Å². The second kappa shape index (κ2) is 11.5. The first kappa shape index (κ1) is 27.7. The van der Waals surface area contributed by atoms with E-state index in [0.717, 1.165) is 70.9 Å². The number of halogens is 1. The molecule has 1 amide bonds. The van der Waals surface area contributed by atoms with Gasteiger partial charge in [-0.3, -0.25) is 4.79 Å². The van der Waals surface area contributed by atoms with Crippen molar-refractivity contribution in [1.82, 2.24) is 29.1 Å². The topological polar surface area (TPSA) is 80.9 Å². The minimum absolute atomic E-state index is 0.00298. The summed E-state index contributed by atoms with van der Waals surface area (Å²) in [5, 5.41) is 10.5. The fourth-order valence-electron chi connectivity index (χ4n) is 5.93. The van der Waals surface area contributed by atoms with Crippen LogP contribution in [0.2, 0.25) is 0 Å². The Hall–Kier alpha value is -3.15. The van der Waals surface area contributed by atoms with E-state index in [-0.39, 0.29) is 5.91 Å². The third-order valence-corrected chi connectivity index (χ3v) is 10.3. The van der Waals surface area contributed by atoms with Gasteiger partial charge in [0.15, 0.2) is 6.10 Å². The van der Waals surface area contributed by atoms with Crippen LogP contribution in [0.5, 0.6) is 11.6 Å². The van der Waals surface area contributed by atoms with Crippen LogP contribution in [0, 0.1) is 0 Å². The van der Waals surface area contributed by atoms with Crippen LogP contribution in [0.15, 0.2) is 42.6 Å². The number of ether oxygens (including phenoxy) is 2. The molecule has 4 bridgehead atoms. The zero-order chi connectivity index (χ0) is 28.8. The predicted molar refractivity (Wildman–Crippen MR) is 176 cm³/mol. The summed E-state index contributed by atoms with van der Waals surface area (Å²) in [6.07, 6.45) is 6.54. The smallest absolute Gasteiger partial charge is 0.263 e. The summed E-state index contributed by atoms with van der Waals surface area (Å²) in [5.41, 5.74) is 5.93. The average molecular weight is 698 g/mol. The largest absolute Gasteiger partial charge is 0.480 e. The highest BCUT2D eigenvalue weighted by atomic mass is 127. The molecule has 0 saturated carbocycles. The number of hydrogen-bond donors (Lipinski definition) is 0. The molecule has 2 aromatic heterocycles. The van der Waals surface area contributed by atoms with Gasteiger partial charge in [0.1, 0.15) is 12.4 Å². The Morgan fingerprint density at radius 1 is 0.976 bits per heavy atom. The molecule has 12 heteroatoms. The molecule has 3 aliphatic heterocycles. The Balaban J connectivity index is 1.33. The highest BCUT2D eigenvalue weighted by Crippen LogP contribution is 2.37. The number of fused-ring (bicyclic) bond motifs is 6. The average Bonchev–Trinajstić information content (AvgIpc) is 3.67. The summed E-state index contributed by atoms with van der Waals surface area (Å²) in [4.78, 5) is 20.0. The Morgan fingerprint density at radius 3 is 2.67 bits per heavy atom. The van der Waals surface area contributed by atoms with Crippen LogP contribution in [0.25, 0.3) is 34.2 Å². The zero-order valence-electron chi connectivity index (χ0n) is 23.7. The number of benzene rings is 2. The van der Waals surface area contributed by atoms with Crippen molar-refractivity contribution in [2.75, 3.05) is 57.8 Å². The second-order valence-electron chi connectivity index (χ2n) is 11.0. The highest BCUT2D eigenvalue weighted by Gasteiger charge is 2.34. The van der Waals surface area contributed by atoms with Crippen molar-refractivity contribution in [3.63, 3.8) is 0 Å². The van der Waals surface area contributed by atoms with Crippen molar-refractivity contribution < 1.29 is 14.3 Å². The summed E-state index contributed by atoms with van der Waals surface area (Å²) in [6, 6.07) is 12.7. The van der Waals surface area contributed by atoms with Gasteiger partial charge in [-0.15, -0.1) is 0 Å². The lowest BCUT2D eigenvalue weighted by molar-refractivity contribution is -0.133. The maximum absolute atomic E-state index is 13.4. The van der Waals surface area contributed by atoms with E-state index in [9.17, 15) is 4.79 Å². The third kappa shape index (κ3) is 5.16. The van der Waals surface area contributed by atoms with E-state index < -0.39 is 6.10 Å². The molecule has 0 spiro atoms. The molecule has 2 aromatic carbocycles. The first-order valence-electron chi connectivity index (χ1n) is 14.2. The number of carbonyl (C=O) groups is 1. The van der Waals surface area contributed by atoms with Gasteiger partial charge in [0, 0.05) is 68.9 Å². The summed E-state index contributed by atoms with van der Waals surface area (Å²) in [7, 11) is 4.03. The molecule has 7 rings (SSSR count). The maximum Gasteiger partial charge on any atom is 0.263 e. The lowest BCUT2D eigenvalue weighted by Crippen LogP contribution is -2.44. The molecule has 5 heterocycles. The van der Waals surface area contributed by atoms with Gasteiger partial charge < -0.3 is 24.2 Å². The Bertz CT molecular complexity index is 1680. The minimum atomic E-state index is -0.524. The zero-order valence-corrected chi connectivity index (χ0v) is 26.8. The summed E-state index contributed by atoms with van der Waals surface area (Å²) in [6.45, 7) is 5.46. The molecule has 0 N–H and O–H groups in total. The molecule has 2 unspecified atom stereocenters. The van der Waals surface area contributed by atoms with Crippen LogP contribution in [0.1, 0.15) is 17.7 Å². The first-order chi connectivity index (χ1) is 20.5. The van der Waals surface area contributed by atoms with E-state index in [1.54, 1.807) is 4.68 Å². The van der Waals surface area contributed by atoms with Crippen LogP contribution in [0.4, 0.5) is 5.69 Å². The van der Waals surface area contributed by atoms with Crippen LogP contribution in [0.3, 0.4) is 0 Å². The number of nitrogens with zero attached hydrogens (tertiary/aromatic N) is 7. The van der Waals surface area contributed by atoms with E-state index in [4.69, 9.17) is 14.6 Å². The summed E-state index contributed by atoms with van der Waals surface area (Å²) >= 11 is 2.37. The van der Waals surface area contributed by atoms with Gasteiger partial charge in [-0.1, -0.05) is 6.07 Å². The number of piperazine rings is 1. The van der Waals surface area contributed by atoms with Crippen LogP contribution >= 0.6 is 28.4 Å². The molecule has 3 aliphatic rings. The molecule has 0 radical (unpaired) electrons. The van der Waals surface area contributed by atoms with Crippen LogP contribution < -0.4 is 14.4 Å². The Morgan fingerprint density at radius 2 is 1.83 bits per heavy atom. The van der Waals surface area contributed by atoms with E-state index >= 15 is 0 Å². The molecular weight excluding hydrogens is 664 g/mol. The van der Waals surface area contributed by atoms with Crippen molar-refractivity contribution in [3.8, 4) is 22.8 Å². The Kier molecular flexibility index (Phi) is 7.58. The third-order valence-electron chi connectivity index (χ3n) is 8.39. The van der Waals surface area contributed by atoms with E-state index in [2.05, 4.69) is 92.5 Å². The lowest BCUT2D eigenvalue weighted by atomic mass is 10.0. The molecule has 2 fully saturated rings. The molecule has 4 aromatic rings. The fourth-order valence-corrected chi connectivity index (χ4v) is 7.47. The molecule has 0 aliphatic carbocycles. The predicted octanol–water partition coefficient (Wildman–Crippen LogP) is 4.52. The Labute approximate surface area is 259 Å². The van der Waals surface area contributed by atoms with E-state index in [0.29, 0.717) is 38.4 Å². The lowest BCUT2D eigenvalue weighted by Gasteiger charge is -2.34. The van der Waals surface area contributed by atoms with Crippen LogP contribution in [-0.2, 0) is 11.8 Å². The quantitative estimate of drug-likeness (QED) is 0.225. The van der Waals surface area contributed by atoms with Crippen LogP contribution in [-0.4, -0.2) is 94.1 Å². The van der Waals surface area contributed by atoms with Gasteiger partial charge in [0.2, 0.25) is 5.88 Å². The monoisotopic (exact) mass is 697 g/mol. The number of anilines is 1. The molecule has 2 saturated heterocycles. The number of likely N-dealkylation sites (N-methyl/N-ethyl adjacent to an activating group) is 1. The van der Waals surface area contributed by atoms with Crippen molar-refractivity contribution in [3.05, 3.63) is 53.9 Å². The van der Waals surface area contributed by atoms with Crippen molar-refractivity contribution >= 4 is 63.1 Å². The fraction of sp³-hybridized carbons (Fsp3) is 0.367. The number of carbonyl (C=O) groups excluding carboxylic acids is 1. The summed E-state index contributed by atoms with van der Waals surface area (Å²) in [5.74, 6) is 1.41. The number of amides is 1. The molecule has 218 valence electrons. The number of aromatic nitrogens is 4. The first-order valence-corrected chi connectivity index (χ1v) is 18.3. The normalized spacial score (nSPS) is 20.5. The van der Waals surface area contributed by atoms with Gasteiger partial charge in [-0.05, 0) is 71.1 Å². The SMILES string of the molecule is CN1CCN(c2ccc3c(c2)OC2CCN(CCOc4c(cnn4C)-c4ccc5c(c4)c(nn5PI)/C=C/3)C2=O)CC1. The maximum atomic E-state index is 13.4. The van der Waals surface area contributed by atoms with Crippen molar-refractivity contribution in [1.29, 1.82) is 0 Å². The van der Waals surface area contributed by atoms with E-state index in [1.807, 2.05) is 22.6 Å². The molecule has 42 heavy (non-hydrogen) atoms. The number of rotatable bonds is 2. The van der Waals surface area contributed by atoms with E-state index in [1.165, 1.54) is 0 Å². The molecule has 2 atom stereocenters. The van der Waals surface area contributed by atoms with Gasteiger partial charge >= 0.3 is 0 Å². The van der Waals surface area contributed by atoms with Gasteiger partial charge in [0.05, 0.1) is 35.9 Å². The molecule has 10 nitrogen and oxygen atoms in total. The van der Waals surface area contributed by atoms with Crippen molar-refractivity contribution in [2.45, 2.75) is 12.5 Å². The standard InChI is InChI=1S/C30H33IN7O3P/c1-34-11-13-36(14-12-34)22-6-3-20-4-7-25-23-17-21(5-8-26(23)38(33-25)42-31)24-19-32-35(2)30(24)40-16-15-37-10-9-27(29(37)39)41-28(20)18-22/h3-8,17-19,27,42H,9-16H2,1-2H3/b7-4+. The molecular formula is C30H33IN7O3P. The number of aryl methyl sites for hydroxylation is 1. The number of hydrogen-bond acceptors (Lipinski definition) is 7. The van der Waals surface area contributed by atoms with Gasteiger partial charge in [0.25, 0.3) is 5.91 Å². The van der Waals surface area contributed by atoms with Gasteiger partial charge in [-0.2, -0.15) is 10.2 Å². The highest BCUT2D eigenvalue weighted by molar-refractivity contribution is 14.2. The second-order valence-corrected chi connectivity index (χ2v) is 13.1.